The molecule has 4 nitrogen and oxygen atoms in total. The Bertz CT molecular complexity index is 349. The van der Waals surface area contributed by atoms with E-state index in [1.165, 1.54) is 0 Å². The minimum Gasteiger partial charge on any atom is -0.339 e. The van der Waals surface area contributed by atoms with Gasteiger partial charge in [-0.05, 0) is 6.07 Å². The highest BCUT2D eigenvalue weighted by Gasteiger charge is 2.25. The number of amides is 1. The molecule has 0 bridgehead atoms. The summed E-state index contributed by atoms with van der Waals surface area (Å²) in [7, 11) is 3.70. The molecule has 4 heteroatoms. The lowest BCUT2D eigenvalue weighted by Crippen LogP contribution is -2.36. The van der Waals surface area contributed by atoms with Crippen molar-refractivity contribution in [2.75, 3.05) is 7.05 Å². The van der Waals surface area contributed by atoms with Crippen molar-refractivity contribution in [1.29, 1.82) is 0 Å². The Balaban J connectivity index is 2.68. The summed E-state index contributed by atoms with van der Waals surface area (Å²) in [4.78, 5) is 13.6. The van der Waals surface area contributed by atoms with Crippen molar-refractivity contribution >= 4 is 5.91 Å². The van der Waals surface area contributed by atoms with Gasteiger partial charge < -0.3 is 4.90 Å². The van der Waals surface area contributed by atoms with Crippen LogP contribution < -0.4 is 0 Å². The lowest BCUT2D eigenvalue weighted by molar-refractivity contribution is -0.138. The molecule has 0 N–H and O–H groups in total. The second kappa shape index (κ2) is 4.04. The van der Waals surface area contributed by atoms with Crippen molar-refractivity contribution in [2.24, 2.45) is 12.5 Å². The van der Waals surface area contributed by atoms with Crippen molar-refractivity contribution in [3.8, 4) is 0 Å². The first-order chi connectivity index (χ1) is 6.82. The Hall–Kier alpha value is -1.32. The Labute approximate surface area is 90.9 Å². The number of hydrogen-bond donors (Lipinski definition) is 0. The van der Waals surface area contributed by atoms with E-state index in [1.807, 2.05) is 40.9 Å². The standard InChI is InChI=1S/C11H19N3O/c1-11(2,3)10(15)13(4)8-9-6-7-12-14(9)5/h6-7H,8H2,1-5H3. The summed E-state index contributed by atoms with van der Waals surface area (Å²) >= 11 is 0. The van der Waals surface area contributed by atoms with Gasteiger partial charge in [0.05, 0.1) is 12.2 Å². The molecule has 0 aromatic carbocycles. The SMILES string of the molecule is CN(Cc1ccnn1C)C(=O)C(C)(C)C. The second-order valence-corrected chi connectivity index (χ2v) is 4.86. The molecule has 1 amide bonds. The Morgan fingerprint density at radius 2 is 2.13 bits per heavy atom. The van der Waals surface area contributed by atoms with Crippen LogP contribution in [0.15, 0.2) is 12.3 Å². The Morgan fingerprint density at radius 3 is 2.53 bits per heavy atom. The van der Waals surface area contributed by atoms with E-state index >= 15 is 0 Å². The third kappa shape index (κ3) is 2.81. The van der Waals surface area contributed by atoms with Gasteiger partial charge in [0.25, 0.3) is 0 Å². The average molecular weight is 209 g/mol. The molecule has 0 aliphatic carbocycles. The van der Waals surface area contributed by atoms with E-state index in [0.29, 0.717) is 6.54 Å². The van der Waals surface area contributed by atoms with Crippen molar-refractivity contribution in [3.63, 3.8) is 0 Å². The van der Waals surface area contributed by atoms with Crippen LogP contribution in [0.3, 0.4) is 0 Å². The fourth-order valence-electron chi connectivity index (χ4n) is 1.44. The molecule has 0 aliphatic heterocycles. The van der Waals surface area contributed by atoms with Crippen molar-refractivity contribution < 1.29 is 4.79 Å². The predicted molar refractivity (Wildman–Crippen MR) is 59.1 cm³/mol. The monoisotopic (exact) mass is 209 g/mol. The van der Waals surface area contributed by atoms with Gasteiger partial charge in [-0.1, -0.05) is 20.8 Å². The van der Waals surface area contributed by atoms with Crippen molar-refractivity contribution in [1.82, 2.24) is 14.7 Å². The molecule has 1 rings (SSSR count). The molecule has 1 aromatic rings. The lowest BCUT2D eigenvalue weighted by atomic mass is 9.95. The van der Waals surface area contributed by atoms with E-state index in [0.717, 1.165) is 5.69 Å². The van der Waals surface area contributed by atoms with Gasteiger partial charge in [-0.15, -0.1) is 0 Å². The molecule has 1 aromatic heterocycles. The highest BCUT2D eigenvalue weighted by atomic mass is 16.2. The summed E-state index contributed by atoms with van der Waals surface area (Å²) in [5, 5.41) is 4.07. The third-order valence-electron chi connectivity index (χ3n) is 2.31. The van der Waals surface area contributed by atoms with Crippen LogP contribution >= 0.6 is 0 Å². The van der Waals surface area contributed by atoms with Crippen LogP contribution in [0, 0.1) is 5.41 Å². The van der Waals surface area contributed by atoms with Crippen LogP contribution in [0.1, 0.15) is 26.5 Å². The molecule has 0 saturated heterocycles. The Morgan fingerprint density at radius 1 is 1.53 bits per heavy atom. The normalized spacial score (nSPS) is 11.5. The van der Waals surface area contributed by atoms with Crippen molar-refractivity contribution in [2.45, 2.75) is 27.3 Å². The van der Waals surface area contributed by atoms with E-state index in [1.54, 1.807) is 15.8 Å². The minimum atomic E-state index is -0.326. The summed E-state index contributed by atoms with van der Waals surface area (Å²) in [6.45, 7) is 6.38. The summed E-state index contributed by atoms with van der Waals surface area (Å²) < 4.78 is 1.78. The summed E-state index contributed by atoms with van der Waals surface area (Å²) in [6, 6.07) is 1.92. The van der Waals surface area contributed by atoms with Gasteiger partial charge in [0, 0.05) is 25.7 Å². The molecule has 0 atom stereocenters. The number of aromatic nitrogens is 2. The van der Waals surface area contributed by atoms with Gasteiger partial charge in [0.15, 0.2) is 0 Å². The third-order valence-corrected chi connectivity index (χ3v) is 2.31. The van der Waals surface area contributed by atoms with Crippen LogP contribution in [0.4, 0.5) is 0 Å². The zero-order valence-corrected chi connectivity index (χ0v) is 10.1. The molecule has 0 unspecified atom stereocenters. The molecule has 0 aliphatic rings. The minimum absolute atomic E-state index is 0.142. The first-order valence-electron chi connectivity index (χ1n) is 5.05. The number of hydrogen-bond acceptors (Lipinski definition) is 2. The molecule has 0 spiro atoms. The van der Waals surface area contributed by atoms with Crippen LogP contribution in [0.5, 0.6) is 0 Å². The summed E-state index contributed by atoms with van der Waals surface area (Å²) in [5.74, 6) is 0.142. The molecular weight excluding hydrogens is 190 g/mol. The van der Waals surface area contributed by atoms with E-state index in [9.17, 15) is 4.79 Å². The molecule has 1 heterocycles. The number of carbonyl (C=O) groups excluding carboxylic acids is 1. The van der Waals surface area contributed by atoms with Gasteiger partial charge in [-0.25, -0.2) is 0 Å². The first kappa shape index (κ1) is 11.8. The smallest absolute Gasteiger partial charge is 0.228 e. The van der Waals surface area contributed by atoms with Crippen LogP contribution in [-0.2, 0) is 18.4 Å². The van der Waals surface area contributed by atoms with Crippen LogP contribution in [-0.4, -0.2) is 27.6 Å². The molecule has 15 heavy (non-hydrogen) atoms. The maximum absolute atomic E-state index is 11.9. The number of aryl methyl sites for hydroxylation is 1. The van der Waals surface area contributed by atoms with E-state index in [4.69, 9.17) is 0 Å². The highest BCUT2D eigenvalue weighted by molar-refractivity contribution is 5.81. The van der Waals surface area contributed by atoms with Crippen LogP contribution in [0.25, 0.3) is 0 Å². The number of nitrogens with zero attached hydrogens (tertiary/aromatic N) is 3. The molecule has 0 saturated carbocycles. The van der Waals surface area contributed by atoms with E-state index in [-0.39, 0.29) is 11.3 Å². The summed E-state index contributed by atoms with van der Waals surface area (Å²) in [6.07, 6.45) is 1.74. The largest absolute Gasteiger partial charge is 0.339 e. The fourth-order valence-corrected chi connectivity index (χ4v) is 1.44. The topological polar surface area (TPSA) is 38.1 Å². The fraction of sp³-hybridized carbons (Fsp3) is 0.636. The van der Waals surface area contributed by atoms with E-state index in [2.05, 4.69) is 5.10 Å². The highest BCUT2D eigenvalue weighted by Crippen LogP contribution is 2.17. The zero-order chi connectivity index (χ0) is 11.6. The molecular formula is C11H19N3O. The number of carbonyl (C=O) groups is 1. The maximum Gasteiger partial charge on any atom is 0.228 e. The molecule has 0 radical (unpaired) electrons. The quantitative estimate of drug-likeness (QED) is 0.739. The first-order valence-corrected chi connectivity index (χ1v) is 5.05. The Kier molecular flexibility index (Phi) is 3.17. The van der Waals surface area contributed by atoms with Crippen molar-refractivity contribution in [3.05, 3.63) is 18.0 Å². The maximum atomic E-state index is 11.9. The van der Waals surface area contributed by atoms with Crippen LogP contribution in [0.2, 0.25) is 0 Å². The van der Waals surface area contributed by atoms with Gasteiger partial charge in [0.1, 0.15) is 0 Å². The lowest BCUT2D eigenvalue weighted by Gasteiger charge is -2.25. The van der Waals surface area contributed by atoms with Gasteiger partial charge in [0.2, 0.25) is 5.91 Å². The average Bonchev–Trinajstić information content (AvgIpc) is 2.49. The van der Waals surface area contributed by atoms with Gasteiger partial charge in [-0.3, -0.25) is 9.48 Å². The molecule has 84 valence electrons. The predicted octanol–water partition coefficient (Wildman–Crippen LogP) is 1.42. The zero-order valence-electron chi connectivity index (χ0n) is 10.1. The van der Waals surface area contributed by atoms with Gasteiger partial charge >= 0.3 is 0 Å². The van der Waals surface area contributed by atoms with E-state index < -0.39 is 0 Å². The number of rotatable bonds is 2. The second-order valence-electron chi connectivity index (χ2n) is 4.86. The van der Waals surface area contributed by atoms with Gasteiger partial charge in [-0.2, -0.15) is 5.10 Å². The molecule has 0 fully saturated rings. The summed E-state index contributed by atoms with van der Waals surface area (Å²) in [5.41, 5.74) is 0.711.